The van der Waals surface area contributed by atoms with E-state index >= 15 is 0 Å². The fourth-order valence-corrected chi connectivity index (χ4v) is 2.80. The standard InChI is InChI=1S/C15H18FN3O/c1-9-5-6-11(16)8-13(9)14-18-15(20-19-14)10-3-2-4-12(17)7-10/h5-6,8,10,12H,2-4,7,17H2,1H3. The van der Waals surface area contributed by atoms with Gasteiger partial charge in [0.15, 0.2) is 0 Å². The zero-order valence-corrected chi connectivity index (χ0v) is 11.5. The molecule has 2 N–H and O–H groups in total. The molecule has 1 saturated carbocycles. The molecule has 2 aromatic rings. The second-order valence-electron chi connectivity index (χ2n) is 5.54. The number of hydrogen-bond donors (Lipinski definition) is 1. The summed E-state index contributed by atoms with van der Waals surface area (Å²) in [5.74, 6) is 1.01. The van der Waals surface area contributed by atoms with Crippen LogP contribution in [0.4, 0.5) is 4.39 Å². The lowest BCUT2D eigenvalue weighted by molar-refractivity contribution is 0.299. The van der Waals surface area contributed by atoms with Crippen molar-refractivity contribution in [1.29, 1.82) is 0 Å². The molecule has 3 rings (SSSR count). The van der Waals surface area contributed by atoms with Gasteiger partial charge in [0, 0.05) is 17.5 Å². The van der Waals surface area contributed by atoms with Crippen LogP contribution in [-0.4, -0.2) is 16.2 Å². The van der Waals surface area contributed by atoms with Crippen molar-refractivity contribution in [2.24, 2.45) is 5.73 Å². The average molecular weight is 275 g/mol. The van der Waals surface area contributed by atoms with E-state index in [9.17, 15) is 4.39 Å². The highest BCUT2D eigenvalue weighted by Crippen LogP contribution is 2.32. The van der Waals surface area contributed by atoms with Gasteiger partial charge in [-0.3, -0.25) is 0 Å². The second-order valence-corrected chi connectivity index (χ2v) is 5.54. The van der Waals surface area contributed by atoms with E-state index in [2.05, 4.69) is 10.1 Å². The first-order valence-corrected chi connectivity index (χ1v) is 6.99. The molecule has 0 radical (unpaired) electrons. The predicted octanol–water partition coefficient (Wildman–Crippen LogP) is 3.17. The zero-order valence-electron chi connectivity index (χ0n) is 11.5. The number of rotatable bonds is 2. The number of halogens is 1. The van der Waals surface area contributed by atoms with Crippen molar-refractivity contribution in [3.63, 3.8) is 0 Å². The van der Waals surface area contributed by atoms with Crippen LogP contribution in [-0.2, 0) is 0 Å². The highest BCUT2D eigenvalue weighted by atomic mass is 19.1. The molecule has 1 aromatic carbocycles. The largest absolute Gasteiger partial charge is 0.339 e. The Bertz CT molecular complexity index is 611. The summed E-state index contributed by atoms with van der Waals surface area (Å²) in [4.78, 5) is 4.44. The lowest BCUT2D eigenvalue weighted by atomic mass is 9.86. The smallest absolute Gasteiger partial charge is 0.230 e. The molecule has 1 heterocycles. The van der Waals surface area contributed by atoms with Crippen LogP contribution in [0.15, 0.2) is 22.7 Å². The fraction of sp³-hybridized carbons (Fsp3) is 0.467. The van der Waals surface area contributed by atoms with E-state index in [4.69, 9.17) is 10.3 Å². The Kier molecular flexibility index (Phi) is 3.53. The molecule has 0 amide bonds. The molecular formula is C15H18FN3O. The van der Waals surface area contributed by atoms with Crippen LogP contribution in [0.1, 0.15) is 43.1 Å². The van der Waals surface area contributed by atoms with Crippen molar-refractivity contribution in [1.82, 2.24) is 10.1 Å². The van der Waals surface area contributed by atoms with Crippen molar-refractivity contribution < 1.29 is 8.91 Å². The Morgan fingerprint density at radius 3 is 3.00 bits per heavy atom. The van der Waals surface area contributed by atoms with Crippen molar-refractivity contribution in [3.8, 4) is 11.4 Å². The van der Waals surface area contributed by atoms with E-state index in [-0.39, 0.29) is 17.8 Å². The Labute approximate surface area is 117 Å². The third-order valence-electron chi connectivity index (χ3n) is 3.95. The molecule has 20 heavy (non-hydrogen) atoms. The van der Waals surface area contributed by atoms with Gasteiger partial charge in [-0.1, -0.05) is 17.6 Å². The number of aryl methyl sites for hydroxylation is 1. The average Bonchev–Trinajstić information content (AvgIpc) is 2.91. The molecule has 4 nitrogen and oxygen atoms in total. The maximum absolute atomic E-state index is 13.3. The highest BCUT2D eigenvalue weighted by Gasteiger charge is 2.26. The van der Waals surface area contributed by atoms with Crippen LogP contribution in [0.3, 0.4) is 0 Å². The van der Waals surface area contributed by atoms with Gasteiger partial charge in [-0.2, -0.15) is 4.98 Å². The summed E-state index contributed by atoms with van der Waals surface area (Å²) in [5, 5.41) is 4.00. The summed E-state index contributed by atoms with van der Waals surface area (Å²) in [5.41, 5.74) is 7.60. The number of benzene rings is 1. The Morgan fingerprint density at radius 1 is 1.35 bits per heavy atom. The van der Waals surface area contributed by atoms with E-state index < -0.39 is 0 Å². The Balaban J connectivity index is 1.88. The first kappa shape index (κ1) is 13.2. The summed E-state index contributed by atoms with van der Waals surface area (Å²) < 4.78 is 18.7. The predicted molar refractivity (Wildman–Crippen MR) is 73.6 cm³/mol. The number of nitrogens with zero attached hydrogens (tertiary/aromatic N) is 2. The molecule has 0 aliphatic heterocycles. The van der Waals surface area contributed by atoms with Gasteiger partial charge in [0.25, 0.3) is 0 Å². The monoisotopic (exact) mass is 275 g/mol. The van der Waals surface area contributed by atoms with E-state index in [1.54, 1.807) is 6.07 Å². The SMILES string of the molecule is Cc1ccc(F)cc1-c1noc(C2CCCC(N)C2)n1. The van der Waals surface area contributed by atoms with Crippen LogP contribution in [0.25, 0.3) is 11.4 Å². The summed E-state index contributed by atoms with van der Waals surface area (Å²) in [6.45, 7) is 1.90. The van der Waals surface area contributed by atoms with Crippen molar-refractivity contribution in [2.45, 2.75) is 44.6 Å². The summed E-state index contributed by atoms with van der Waals surface area (Å²) in [7, 11) is 0. The third-order valence-corrected chi connectivity index (χ3v) is 3.95. The van der Waals surface area contributed by atoms with Crippen LogP contribution in [0.5, 0.6) is 0 Å². The lowest BCUT2D eigenvalue weighted by Crippen LogP contribution is -2.26. The molecular weight excluding hydrogens is 257 g/mol. The van der Waals surface area contributed by atoms with Gasteiger partial charge in [0.05, 0.1) is 0 Å². The molecule has 2 atom stereocenters. The molecule has 0 saturated heterocycles. The molecule has 1 aliphatic carbocycles. The maximum atomic E-state index is 13.3. The maximum Gasteiger partial charge on any atom is 0.230 e. The lowest BCUT2D eigenvalue weighted by Gasteiger charge is -2.23. The number of nitrogens with two attached hydrogens (primary N) is 1. The Hall–Kier alpha value is -1.75. The highest BCUT2D eigenvalue weighted by molar-refractivity contribution is 5.59. The molecule has 1 fully saturated rings. The van der Waals surface area contributed by atoms with Gasteiger partial charge in [-0.15, -0.1) is 0 Å². The first-order valence-electron chi connectivity index (χ1n) is 6.99. The van der Waals surface area contributed by atoms with Gasteiger partial charge in [-0.25, -0.2) is 4.39 Å². The molecule has 0 spiro atoms. The van der Waals surface area contributed by atoms with E-state index in [1.165, 1.54) is 12.1 Å². The normalized spacial score (nSPS) is 22.9. The van der Waals surface area contributed by atoms with Crippen LogP contribution in [0, 0.1) is 12.7 Å². The summed E-state index contributed by atoms with van der Waals surface area (Å²) in [6, 6.07) is 4.80. The van der Waals surface area contributed by atoms with Crippen molar-refractivity contribution in [2.75, 3.05) is 0 Å². The van der Waals surface area contributed by atoms with E-state index in [0.717, 1.165) is 31.2 Å². The molecule has 1 aromatic heterocycles. The minimum absolute atomic E-state index is 0.208. The topological polar surface area (TPSA) is 64.9 Å². The van der Waals surface area contributed by atoms with Gasteiger partial charge >= 0.3 is 0 Å². The van der Waals surface area contributed by atoms with E-state index in [0.29, 0.717) is 17.3 Å². The molecule has 1 aliphatic rings. The van der Waals surface area contributed by atoms with Gasteiger partial charge in [0.2, 0.25) is 11.7 Å². The quantitative estimate of drug-likeness (QED) is 0.914. The van der Waals surface area contributed by atoms with Crippen molar-refractivity contribution >= 4 is 0 Å². The van der Waals surface area contributed by atoms with Gasteiger partial charge in [-0.05, 0) is 43.9 Å². The van der Waals surface area contributed by atoms with Crippen LogP contribution >= 0.6 is 0 Å². The molecule has 5 heteroatoms. The van der Waals surface area contributed by atoms with Gasteiger partial charge in [0.1, 0.15) is 5.82 Å². The molecule has 0 bridgehead atoms. The van der Waals surface area contributed by atoms with E-state index in [1.807, 2.05) is 6.92 Å². The minimum atomic E-state index is -0.295. The number of hydrogen-bond acceptors (Lipinski definition) is 4. The summed E-state index contributed by atoms with van der Waals surface area (Å²) in [6.07, 6.45) is 4.05. The second kappa shape index (κ2) is 5.32. The summed E-state index contributed by atoms with van der Waals surface area (Å²) >= 11 is 0. The first-order chi connectivity index (χ1) is 9.63. The molecule has 2 unspecified atom stereocenters. The van der Waals surface area contributed by atoms with Crippen LogP contribution in [0.2, 0.25) is 0 Å². The Morgan fingerprint density at radius 2 is 2.20 bits per heavy atom. The van der Waals surface area contributed by atoms with Crippen LogP contribution < -0.4 is 5.73 Å². The number of aromatic nitrogens is 2. The molecule has 106 valence electrons. The fourth-order valence-electron chi connectivity index (χ4n) is 2.80. The van der Waals surface area contributed by atoms with Crippen molar-refractivity contribution in [3.05, 3.63) is 35.5 Å². The minimum Gasteiger partial charge on any atom is -0.339 e. The third kappa shape index (κ3) is 2.58. The zero-order chi connectivity index (χ0) is 14.1. The van der Waals surface area contributed by atoms with Gasteiger partial charge < -0.3 is 10.3 Å².